The van der Waals surface area contributed by atoms with Gasteiger partial charge in [0.25, 0.3) is 0 Å². The highest BCUT2D eigenvalue weighted by molar-refractivity contribution is 5.80. The van der Waals surface area contributed by atoms with Crippen LogP contribution in [0.2, 0.25) is 0 Å². The number of nitrogens with one attached hydrogen (secondary N) is 2. The molecule has 2 N–H and O–H groups in total. The molecule has 1 aromatic heterocycles. The first-order chi connectivity index (χ1) is 8.66. The average molecular weight is 248 g/mol. The van der Waals surface area contributed by atoms with Crippen molar-refractivity contribution in [2.24, 2.45) is 0 Å². The summed E-state index contributed by atoms with van der Waals surface area (Å²) in [5.74, 6) is -0.146. The zero-order chi connectivity index (χ0) is 12.7. The molecule has 0 spiro atoms. The SMILES string of the molecule is N=C(N1C2CCCC1CC2)n1cc(F)ccc1=N. The number of rotatable bonds is 0. The van der Waals surface area contributed by atoms with E-state index in [4.69, 9.17) is 10.8 Å². The van der Waals surface area contributed by atoms with Gasteiger partial charge in [-0.2, -0.15) is 0 Å². The van der Waals surface area contributed by atoms with Gasteiger partial charge in [-0.15, -0.1) is 0 Å². The molecule has 0 saturated carbocycles. The van der Waals surface area contributed by atoms with Crippen molar-refractivity contribution in [1.29, 1.82) is 10.8 Å². The monoisotopic (exact) mass is 248 g/mol. The molecule has 2 saturated heterocycles. The summed E-state index contributed by atoms with van der Waals surface area (Å²) >= 11 is 0. The fourth-order valence-corrected chi connectivity index (χ4v) is 3.24. The van der Waals surface area contributed by atoms with Gasteiger partial charge in [0.1, 0.15) is 11.3 Å². The van der Waals surface area contributed by atoms with Crippen molar-refractivity contribution in [2.75, 3.05) is 0 Å². The molecule has 2 fully saturated rings. The Morgan fingerprint density at radius 1 is 1.17 bits per heavy atom. The average Bonchev–Trinajstić information content (AvgIpc) is 2.61. The Morgan fingerprint density at radius 3 is 2.50 bits per heavy atom. The number of halogens is 1. The van der Waals surface area contributed by atoms with Gasteiger partial charge in [0.15, 0.2) is 0 Å². The van der Waals surface area contributed by atoms with Crippen LogP contribution in [0.3, 0.4) is 0 Å². The molecule has 0 aliphatic carbocycles. The molecule has 0 amide bonds. The molecule has 96 valence electrons. The smallest absolute Gasteiger partial charge is 0.204 e. The van der Waals surface area contributed by atoms with Crippen molar-refractivity contribution >= 4 is 5.96 Å². The van der Waals surface area contributed by atoms with E-state index in [9.17, 15) is 4.39 Å². The lowest BCUT2D eigenvalue weighted by Gasteiger charge is -2.36. The first-order valence-corrected chi connectivity index (χ1v) is 6.47. The van der Waals surface area contributed by atoms with E-state index in [1.165, 1.54) is 29.3 Å². The lowest BCUT2D eigenvalue weighted by atomic mass is 10.0. The highest BCUT2D eigenvalue weighted by Gasteiger charge is 2.38. The summed E-state index contributed by atoms with van der Waals surface area (Å²) in [5, 5.41) is 16.1. The van der Waals surface area contributed by atoms with E-state index in [0.717, 1.165) is 25.7 Å². The topological polar surface area (TPSA) is 55.9 Å². The summed E-state index contributed by atoms with van der Waals surface area (Å²) in [6.07, 6.45) is 6.93. The summed E-state index contributed by atoms with van der Waals surface area (Å²) in [6, 6.07) is 3.48. The van der Waals surface area contributed by atoms with Crippen LogP contribution in [0.15, 0.2) is 18.3 Å². The minimum absolute atomic E-state index is 0.159. The van der Waals surface area contributed by atoms with E-state index in [1.54, 1.807) is 0 Å². The minimum Gasteiger partial charge on any atom is -0.336 e. The highest BCUT2D eigenvalue weighted by atomic mass is 19.1. The molecule has 1 aromatic rings. The van der Waals surface area contributed by atoms with E-state index in [1.807, 2.05) is 0 Å². The normalized spacial score (nSPS) is 26.4. The van der Waals surface area contributed by atoms with E-state index in [0.29, 0.717) is 12.1 Å². The number of piperidine rings is 1. The number of fused-ring (bicyclic) bond motifs is 2. The predicted octanol–water partition coefficient (Wildman–Crippen LogP) is 1.91. The van der Waals surface area contributed by atoms with Crippen molar-refractivity contribution in [1.82, 2.24) is 9.47 Å². The summed E-state index contributed by atoms with van der Waals surface area (Å²) in [4.78, 5) is 2.08. The van der Waals surface area contributed by atoms with Crippen LogP contribution in [0.5, 0.6) is 0 Å². The third-order valence-corrected chi connectivity index (χ3v) is 4.08. The standard InChI is InChI=1S/C13H17FN4/c14-9-4-7-12(15)17(8-9)13(16)18-10-2-1-3-11(18)6-5-10/h4,7-8,10-11,15-16H,1-3,5-6H2. The lowest BCUT2D eigenvalue weighted by Crippen LogP contribution is -2.48. The van der Waals surface area contributed by atoms with Crippen LogP contribution in [0.25, 0.3) is 0 Å². The van der Waals surface area contributed by atoms with Gasteiger partial charge in [0.05, 0.1) is 0 Å². The van der Waals surface area contributed by atoms with Crippen LogP contribution in [-0.2, 0) is 0 Å². The first kappa shape index (κ1) is 11.4. The molecule has 0 radical (unpaired) electrons. The second-order valence-corrected chi connectivity index (χ2v) is 5.15. The molecule has 2 aliphatic rings. The Bertz CT molecular complexity index is 520. The molecule has 5 heteroatoms. The number of hydrogen-bond acceptors (Lipinski definition) is 2. The van der Waals surface area contributed by atoms with Crippen LogP contribution in [0.1, 0.15) is 32.1 Å². The Morgan fingerprint density at radius 2 is 1.83 bits per heavy atom. The molecule has 4 nitrogen and oxygen atoms in total. The summed E-state index contributed by atoms with van der Waals surface area (Å²) in [6.45, 7) is 0. The summed E-state index contributed by atoms with van der Waals surface area (Å²) in [5.41, 5.74) is 0.159. The molecule has 3 heterocycles. The van der Waals surface area contributed by atoms with Gasteiger partial charge in [-0.25, -0.2) is 4.39 Å². The summed E-state index contributed by atoms with van der Waals surface area (Å²) < 4.78 is 14.6. The van der Waals surface area contributed by atoms with Crippen LogP contribution in [0.4, 0.5) is 4.39 Å². The van der Waals surface area contributed by atoms with Crippen LogP contribution >= 0.6 is 0 Å². The van der Waals surface area contributed by atoms with Gasteiger partial charge >= 0.3 is 0 Å². The summed E-state index contributed by atoms with van der Waals surface area (Å²) in [7, 11) is 0. The van der Waals surface area contributed by atoms with Crippen LogP contribution in [-0.4, -0.2) is 27.5 Å². The first-order valence-electron chi connectivity index (χ1n) is 6.47. The van der Waals surface area contributed by atoms with Crippen molar-refractivity contribution in [3.63, 3.8) is 0 Å². The van der Waals surface area contributed by atoms with Crippen LogP contribution < -0.4 is 5.49 Å². The Hall–Kier alpha value is -1.65. The fraction of sp³-hybridized carbons (Fsp3) is 0.538. The number of aromatic nitrogens is 1. The third-order valence-electron chi connectivity index (χ3n) is 4.08. The molecule has 2 aliphatic heterocycles. The molecule has 3 rings (SSSR count). The quantitative estimate of drug-likeness (QED) is 0.535. The number of pyridine rings is 1. The zero-order valence-corrected chi connectivity index (χ0v) is 10.2. The van der Waals surface area contributed by atoms with Crippen molar-refractivity contribution < 1.29 is 4.39 Å². The maximum Gasteiger partial charge on any atom is 0.204 e. The molecular weight excluding hydrogens is 231 g/mol. The third kappa shape index (κ3) is 1.74. The molecule has 2 atom stereocenters. The lowest BCUT2D eigenvalue weighted by molar-refractivity contribution is 0.227. The largest absolute Gasteiger partial charge is 0.336 e. The van der Waals surface area contributed by atoms with Gasteiger partial charge in [-0.3, -0.25) is 15.4 Å². The van der Waals surface area contributed by atoms with E-state index in [2.05, 4.69) is 4.90 Å². The van der Waals surface area contributed by atoms with Gasteiger partial charge in [-0.05, 0) is 44.2 Å². The zero-order valence-electron chi connectivity index (χ0n) is 10.2. The Kier molecular flexibility index (Phi) is 2.69. The highest BCUT2D eigenvalue weighted by Crippen LogP contribution is 2.35. The molecular formula is C13H17FN4. The Labute approximate surface area is 105 Å². The van der Waals surface area contributed by atoms with Gasteiger partial charge in [-0.1, -0.05) is 0 Å². The van der Waals surface area contributed by atoms with E-state index < -0.39 is 5.82 Å². The van der Waals surface area contributed by atoms with E-state index >= 15 is 0 Å². The van der Waals surface area contributed by atoms with E-state index in [-0.39, 0.29) is 11.4 Å². The predicted molar refractivity (Wildman–Crippen MR) is 65.9 cm³/mol. The minimum atomic E-state index is -0.403. The molecule has 0 aromatic carbocycles. The Balaban J connectivity index is 1.95. The molecule has 2 unspecified atom stereocenters. The maximum atomic E-state index is 13.3. The maximum absolute atomic E-state index is 13.3. The molecule has 18 heavy (non-hydrogen) atoms. The fourth-order valence-electron chi connectivity index (χ4n) is 3.24. The van der Waals surface area contributed by atoms with Gasteiger partial charge in [0, 0.05) is 18.3 Å². The number of hydrogen-bond donors (Lipinski definition) is 2. The van der Waals surface area contributed by atoms with Crippen molar-refractivity contribution in [3.05, 3.63) is 29.6 Å². The van der Waals surface area contributed by atoms with Crippen molar-refractivity contribution in [3.8, 4) is 0 Å². The second kappa shape index (κ2) is 4.23. The van der Waals surface area contributed by atoms with Gasteiger partial charge < -0.3 is 4.90 Å². The number of nitrogens with zero attached hydrogens (tertiary/aromatic N) is 2. The second-order valence-electron chi connectivity index (χ2n) is 5.15. The molecule has 2 bridgehead atoms. The van der Waals surface area contributed by atoms with Crippen LogP contribution in [0, 0.1) is 16.6 Å². The van der Waals surface area contributed by atoms with Gasteiger partial charge in [0.2, 0.25) is 5.96 Å². The van der Waals surface area contributed by atoms with Crippen molar-refractivity contribution in [2.45, 2.75) is 44.2 Å².